The zero-order valence-corrected chi connectivity index (χ0v) is 10.7. The molecule has 1 aromatic rings. The van der Waals surface area contributed by atoms with Crippen LogP contribution >= 0.6 is 24.0 Å². The molecular weight excluding hydrogens is 245 g/mol. The van der Waals surface area contributed by atoms with Crippen LogP contribution < -0.4 is 5.32 Å². The molecule has 1 aliphatic heterocycles. The molecule has 2 rings (SSSR count). The first kappa shape index (κ1) is 13.8. The highest BCUT2D eigenvalue weighted by Gasteiger charge is 2.14. The van der Waals surface area contributed by atoms with E-state index in [1.54, 1.807) is 0 Å². The van der Waals surface area contributed by atoms with Gasteiger partial charge in [0.05, 0.1) is 6.10 Å². The molecule has 0 bridgehead atoms. The lowest BCUT2D eigenvalue weighted by atomic mass is 10.2. The summed E-state index contributed by atoms with van der Waals surface area (Å²) >= 11 is 5.90. The van der Waals surface area contributed by atoms with Gasteiger partial charge in [-0.2, -0.15) is 0 Å². The van der Waals surface area contributed by atoms with Crippen molar-refractivity contribution in [1.82, 2.24) is 5.32 Å². The summed E-state index contributed by atoms with van der Waals surface area (Å²) in [6.45, 7) is 2.72. The highest BCUT2D eigenvalue weighted by Crippen LogP contribution is 2.12. The van der Waals surface area contributed by atoms with Gasteiger partial charge in [0.25, 0.3) is 0 Å². The average Bonchev–Trinajstić information content (AvgIpc) is 2.71. The Hall–Kier alpha value is -0.280. The third-order valence-corrected chi connectivity index (χ3v) is 2.85. The van der Waals surface area contributed by atoms with Crippen LogP contribution in [-0.2, 0) is 11.3 Å². The van der Waals surface area contributed by atoms with Gasteiger partial charge in [-0.25, -0.2) is 0 Å². The zero-order valence-electron chi connectivity index (χ0n) is 9.12. The number of ether oxygens (including phenoxy) is 1. The van der Waals surface area contributed by atoms with Crippen LogP contribution in [0.15, 0.2) is 24.3 Å². The molecule has 1 saturated heterocycles. The Bertz CT molecular complexity index is 314. The van der Waals surface area contributed by atoms with Gasteiger partial charge in [0.1, 0.15) is 0 Å². The highest BCUT2D eigenvalue weighted by atomic mass is 35.5. The second-order valence-electron chi connectivity index (χ2n) is 3.90. The van der Waals surface area contributed by atoms with E-state index < -0.39 is 0 Å². The molecule has 16 heavy (non-hydrogen) atoms. The fourth-order valence-electron chi connectivity index (χ4n) is 1.83. The Kier molecular flexibility index (Phi) is 6.14. The van der Waals surface area contributed by atoms with Crippen LogP contribution in [0.4, 0.5) is 0 Å². The van der Waals surface area contributed by atoms with Gasteiger partial charge in [-0.15, -0.1) is 12.4 Å². The predicted molar refractivity (Wildman–Crippen MR) is 69.4 cm³/mol. The largest absolute Gasteiger partial charge is 0.377 e. The van der Waals surface area contributed by atoms with Crippen LogP contribution in [-0.4, -0.2) is 19.3 Å². The molecule has 2 nitrogen and oxygen atoms in total. The summed E-state index contributed by atoms with van der Waals surface area (Å²) < 4.78 is 5.53. The van der Waals surface area contributed by atoms with E-state index in [9.17, 15) is 0 Å². The Morgan fingerprint density at radius 2 is 2.31 bits per heavy atom. The van der Waals surface area contributed by atoms with Crippen LogP contribution in [0.1, 0.15) is 18.4 Å². The molecule has 0 aromatic heterocycles. The van der Waals surface area contributed by atoms with Crippen LogP contribution in [0.3, 0.4) is 0 Å². The number of halogens is 2. The molecule has 1 heterocycles. The molecule has 1 aliphatic rings. The molecule has 0 spiro atoms. The van der Waals surface area contributed by atoms with Crippen LogP contribution in [0.5, 0.6) is 0 Å². The maximum absolute atomic E-state index is 5.90. The number of nitrogens with one attached hydrogen (secondary N) is 1. The lowest BCUT2D eigenvalue weighted by Gasteiger charge is -2.10. The zero-order chi connectivity index (χ0) is 10.5. The van der Waals surface area contributed by atoms with Gasteiger partial charge in [0, 0.05) is 24.7 Å². The van der Waals surface area contributed by atoms with Crippen LogP contribution in [0, 0.1) is 0 Å². The molecule has 0 saturated carbocycles. The molecular formula is C12H17Cl2NO. The standard InChI is InChI=1S/C12H16ClNO.ClH/c13-11-4-1-3-10(7-11)8-14-9-12-5-2-6-15-12;/h1,3-4,7,12,14H,2,5-6,8-9H2;1H. The SMILES string of the molecule is Cl.Clc1cccc(CNCC2CCCO2)c1. The minimum Gasteiger partial charge on any atom is -0.377 e. The van der Waals surface area contributed by atoms with Crippen molar-refractivity contribution in [3.05, 3.63) is 34.9 Å². The topological polar surface area (TPSA) is 21.3 Å². The first-order chi connectivity index (χ1) is 7.34. The monoisotopic (exact) mass is 261 g/mol. The van der Waals surface area contributed by atoms with Crippen molar-refractivity contribution in [2.75, 3.05) is 13.2 Å². The van der Waals surface area contributed by atoms with Crippen molar-refractivity contribution >= 4 is 24.0 Å². The highest BCUT2D eigenvalue weighted by molar-refractivity contribution is 6.30. The van der Waals surface area contributed by atoms with Gasteiger partial charge >= 0.3 is 0 Å². The minimum absolute atomic E-state index is 0. The van der Waals surface area contributed by atoms with Crippen molar-refractivity contribution in [3.8, 4) is 0 Å². The third kappa shape index (κ3) is 4.30. The Balaban J connectivity index is 0.00000128. The van der Waals surface area contributed by atoms with Crippen molar-refractivity contribution < 1.29 is 4.74 Å². The van der Waals surface area contributed by atoms with Gasteiger partial charge in [0.15, 0.2) is 0 Å². The molecule has 1 fully saturated rings. The number of hydrogen-bond acceptors (Lipinski definition) is 2. The van der Waals surface area contributed by atoms with E-state index in [1.807, 2.05) is 18.2 Å². The average molecular weight is 262 g/mol. The summed E-state index contributed by atoms with van der Waals surface area (Å²) in [5, 5.41) is 4.18. The maximum atomic E-state index is 5.90. The van der Waals surface area contributed by atoms with E-state index in [2.05, 4.69) is 11.4 Å². The number of hydrogen-bond donors (Lipinski definition) is 1. The van der Waals surface area contributed by atoms with Crippen molar-refractivity contribution in [1.29, 1.82) is 0 Å². The minimum atomic E-state index is 0. The quantitative estimate of drug-likeness (QED) is 0.900. The van der Waals surface area contributed by atoms with Gasteiger partial charge < -0.3 is 10.1 Å². The van der Waals surface area contributed by atoms with E-state index in [0.717, 1.165) is 24.7 Å². The van der Waals surface area contributed by atoms with E-state index in [4.69, 9.17) is 16.3 Å². The molecule has 1 aromatic carbocycles. The maximum Gasteiger partial charge on any atom is 0.0700 e. The number of benzene rings is 1. The summed E-state index contributed by atoms with van der Waals surface area (Å²) in [5.74, 6) is 0. The van der Waals surface area contributed by atoms with E-state index >= 15 is 0 Å². The van der Waals surface area contributed by atoms with Gasteiger partial charge in [-0.05, 0) is 30.5 Å². The second kappa shape index (κ2) is 7.13. The van der Waals surface area contributed by atoms with Gasteiger partial charge in [-0.1, -0.05) is 23.7 Å². The molecule has 0 radical (unpaired) electrons. The molecule has 0 aliphatic carbocycles. The predicted octanol–water partition coefficient (Wildman–Crippen LogP) is 3.03. The fourth-order valence-corrected chi connectivity index (χ4v) is 2.04. The molecule has 0 amide bonds. The van der Waals surface area contributed by atoms with Crippen molar-refractivity contribution in [2.24, 2.45) is 0 Å². The summed E-state index contributed by atoms with van der Waals surface area (Å²) in [6, 6.07) is 7.94. The smallest absolute Gasteiger partial charge is 0.0700 e. The third-order valence-electron chi connectivity index (χ3n) is 2.61. The summed E-state index contributed by atoms with van der Waals surface area (Å²) in [7, 11) is 0. The lowest BCUT2D eigenvalue weighted by molar-refractivity contribution is 0.110. The molecule has 1 N–H and O–H groups in total. The van der Waals surface area contributed by atoms with E-state index in [0.29, 0.717) is 6.10 Å². The lowest BCUT2D eigenvalue weighted by Crippen LogP contribution is -2.25. The van der Waals surface area contributed by atoms with Gasteiger partial charge in [0.2, 0.25) is 0 Å². The first-order valence-electron chi connectivity index (χ1n) is 5.41. The first-order valence-corrected chi connectivity index (χ1v) is 5.79. The molecule has 1 atom stereocenters. The number of rotatable bonds is 4. The van der Waals surface area contributed by atoms with E-state index in [-0.39, 0.29) is 12.4 Å². The second-order valence-corrected chi connectivity index (χ2v) is 4.33. The normalized spacial score (nSPS) is 19.4. The fraction of sp³-hybridized carbons (Fsp3) is 0.500. The summed E-state index contributed by atoms with van der Waals surface area (Å²) in [4.78, 5) is 0. The van der Waals surface area contributed by atoms with E-state index in [1.165, 1.54) is 18.4 Å². The summed E-state index contributed by atoms with van der Waals surface area (Å²) in [5.41, 5.74) is 1.22. The van der Waals surface area contributed by atoms with Gasteiger partial charge in [-0.3, -0.25) is 0 Å². The Morgan fingerprint density at radius 3 is 3.00 bits per heavy atom. The van der Waals surface area contributed by atoms with Crippen LogP contribution in [0.25, 0.3) is 0 Å². The van der Waals surface area contributed by atoms with Crippen molar-refractivity contribution in [3.63, 3.8) is 0 Å². The Morgan fingerprint density at radius 1 is 1.44 bits per heavy atom. The van der Waals surface area contributed by atoms with Crippen molar-refractivity contribution in [2.45, 2.75) is 25.5 Å². The molecule has 4 heteroatoms. The molecule has 90 valence electrons. The summed E-state index contributed by atoms with van der Waals surface area (Å²) in [6.07, 6.45) is 2.79. The Labute approximate surface area is 108 Å². The molecule has 1 unspecified atom stereocenters. The van der Waals surface area contributed by atoms with Crippen LogP contribution in [0.2, 0.25) is 5.02 Å².